The molecule has 10 heteroatoms. The lowest BCUT2D eigenvalue weighted by Gasteiger charge is -2.23. The number of aliphatic imine (C=N–C) groups is 1. The highest BCUT2D eigenvalue weighted by Crippen LogP contribution is 2.39. The maximum Gasteiger partial charge on any atom is 0.262 e. The number of carbonyl (C=O) groups is 2. The third kappa shape index (κ3) is 5.52. The molecule has 37 heavy (non-hydrogen) atoms. The van der Waals surface area contributed by atoms with Gasteiger partial charge in [-0.2, -0.15) is 10.1 Å². The number of nitrogens with one attached hydrogen (secondary N) is 1. The zero-order chi connectivity index (χ0) is 25.9. The van der Waals surface area contributed by atoms with Crippen LogP contribution in [0.1, 0.15) is 30.0 Å². The van der Waals surface area contributed by atoms with Gasteiger partial charge in [-0.1, -0.05) is 41.6 Å². The average Bonchev–Trinajstić information content (AvgIpc) is 3.49. The minimum atomic E-state index is -0.705. The smallest absolute Gasteiger partial charge is 0.262 e. The van der Waals surface area contributed by atoms with E-state index in [0.29, 0.717) is 33.6 Å². The topological polar surface area (TPSA) is 83.4 Å². The molecule has 3 aromatic carbocycles. The Morgan fingerprint density at radius 2 is 1.86 bits per heavy atom. The third-order valence-electron chi connectivity index (χ3n) is 6.02. The van der Waals surface area contributed by atoms with Crippen LogP contribution in [0, 0.1) is 5.82 Å². The molecular weight excluding hydrogens is 515 g/mol. The summed E-state index contributed by atoms with van der Waals surface area (Å²) in [6, 6.07) is 20.2. The Hall–Kier alpha value is -3.69. The molecule has 0 saturated heterocycles. The molecule has 0 spiro atoms. The standard InChI is InChI=1S/C27H22ClFN4O3S/c1-36-19-12-6-16(7-13-19)22-14-23(20-4-2-3-5-21(20)29)33(32-22)27-31-26(35)24(37-27)15-25(34)30-18-10-8-17(28)9-11-18/h2-13,23-24H,14-15H2,1H3,(H,30,34). The number of anilines is 1. The summed E-state index contributed by atoms with van der Waals surface area (Å²) in [7, 11) is 1.59. The second kappa shape index (κ2) is 10.7. The molecule has 1 N–H and O–H groups in total. The van der Waals surface area contributed by atoms with Gasteiger partial charge in [-0.25, -0.2) is 9.40 Å². The number of amidine groups is 1. The van der Waals surface area contributed by atoms with E-state index in [1.165, 1.54) is 6.07 Å². The first-order valence-corrected chi connectivity index (χ1v) is 12.8. The summed E-state index contributed by atoms with van der Waals surface area (Å²) in [6.45, 7) is 0. The molecule has 2 heterocycles. The van der Waals surface area contributed by atoms with E-state index in [0.717, 1.165) is 23.0 Å². The van der Waals surface area contributed by atoms with Crippen LogP contribution in [0.5, 0.6) is 5.75 Å². The highest BCUT2D eigenvalue weighted by Gasteiger charge is 2.39. The summed E-state index contributed by atoms with van der Waals surface area (Å²) in [5.74, 6) is -0.394. The Kier molecular flexibility index (Phi) is 7.25. The molecule has 2 aliphatic rings. The Morgan fingerprint density at radius 3 is 2.57 bits per heavy atom. The van der Waals surface area contributed by atoms with Gasteiger partial charge in [0, 0.05) is 29.1 Å². The number of ether oxygens (including phenoxy) is 1. The van der Waals surface area contributed by atoms with Gasteiger partial charge in [0.2, 0.25) is 5.91 Å². The maximum absolute atomic E-state index is 14.8. The first kappa shape index (κ1) is 25.0. The number of rotatable bonds is 6. The maximum atomic E-state index is 14.8. The molecule has 0 fully saturated rings. The molecule has 3 aromatic rings. The van der Waals surface area contributed by atoms with Gasteiger partial charge in [0.15, 0.2) is 5.17 Å². The van der Waals surface area contributed by atoms with Crippen LogP contribution in [-0.2, 0) is 9.59 Å². The Bertz CT molecular complexity index is 1400. The van der Waals surface area contributed by atoms with Crippen LogP contribution in [0.25, 0.3) is 0 Å². The fourth-order valence-electron chi connectivity index (χ4n) is 4.15. The Labute approximate surface area is 222 Å². The van der Waals surface area contributed by atoms with E-state index in [-0.39, 0.29) is 18.1 Å². The van der Waals surface area contributed by atoms with Crippen LogP contribution < -0.4 is 10.1 Å². The van der Waals surface area contributed by atoms with Crippen molar-refractivity contribution in [2.75, 3.05) is 12.4 Å². The van der Waals surface area contributed by atoms with Gasteiger partial charge < -0.3 is 10.1 Å². The highest BCUT2D eigenvalue weighted by atomic mass is 35.5. The molecule has 0 radical (unpaired) electrons. The van der Waals surface area contributed by atoms with E-state index >= 15 is 0 Å². The van der Waals surface area contributed by atoms with Crippen LogP contribution in [0.4, 0.5) is 10.1 Å². The number of carbonyl (C=O) groups excluding carboxylic acids is 2. The summed E-state index contributed by atoms with van der Waals surface area (Å²) >= 11 is 7.05. The molecule has 0 bridgehead atoms. The molecule has 0 aromatic heterocycles. The number of nitrogens with zero attached hydrogens (tertiary/aromatic N) is 3. The van der Waals surface area contributed by atoms with Crippen LogP contribution in [0.15, 0.2) is 82.9 Å². The molecule has 7 nitrogen and oxygen atoms in total. The molecule has 2 amide bonds. The predicted octanol–water partition coefficient (Wildman–Crippen LogP) is 5.67. The summed E-state index contributed by atoms with van der Waals surface area (Å²) in [6.07, 6.45) is 0.356. The van der Waals surface area contributed by atoms with E-state index < -0.39 is 17.2 Å². The van der Waals surface area contributed by atoms with Crippen LogP contribution in [0.2, 0.25) is 5.02 Å². The number of halogens is 2. The van der Waals surface area contributed by atoms with Crippen molar-refractivity contribution in [2.45, 2.75) is 24.1 Å². The Balaban J connectivity index is 1.36. The van der Waals surface area contributed by atoms with Crippen LogP contribution in [0.3, 0.4) is 0 Å². The molecule has 2 atom stereocenters. The monoisotopic (exact) mass is 536 g/mol. The van der Waals surface area contributed by atoms with Gasteiger partial charge in [0.1, 0.15) is 16.8 Å². The van der Waals surface area contributed by atoms with E-state index in [1.54, 1.807) is 54.6 Å². The third-order valence-corrected chi connectivity index (χ3v) is 7.42. The minimum Gasteiger partial charge on any atom is -0.497 e. The minimum absolute atomic E-state index is 0.0631. The number of methoxy groups -OCH3 is 1. The highest BCUT2D eigenvalue weighted by molar-refractivity contribution is 8.15. The summed E-state index contributed by atoms with van der Waals surface area (Å²) in [5, 5.41) is 9.30. The van der Waals surface area contributed by atoms with Crippen molar-refractivity contribution in [2.24, 2.45) is 10.1 Å². The largest absolute Gasteiger partial charge is 0.497 e. The zero-order valence-electron chi connectivity index (χ0n) is 19.7. The quantitative estimate of drug-likeness (QED) is 0.439. The lowest BCUT2D eigenvalue weighted by molar-refractivity contribution is -0.121. The van der Waals surface area contributed by atoms with Gasteiger partial charge in [-0.3, -0.25) is 9.59 Å². The molecule has 0 aliphatic carbocycles. The lowest BCUT2D eigenvalue weighted by Crippen LogP contribution is -2.25. The summed E-state index contributed by atoms with van der Waals surface area (Å²) in [4.78, 5) is 29.5. The molecule has 2 unspecified atom stereocenters. The van der Waals surface area contributed by atoms with Crippen molar-refractivity contribution in [3.63, 3.8) is 0 Å². The van der Waals surface area contributed by atoms with Crippen molar-refractivity contribution < 1.29 is 18.7 Å². The van der Waals surface area contributed by atoms with E-state index in [9.17, 15) is 14.0 Å². The number of amides is 2. The number of hydrogen-bond acceptors (Lipinski definition) is 6. The number of thioether (sulfide) groups is 1. The van der Waals surface area contributed by atoms with Gasteiger partial charge in [0.05, 0.1) is 18.9 Å². The molecule has 2 aliphatic heterocycles. The Morgan fingerprint density at radius 1 is 1.14 bits per heavy atom. The number of benzene rings is 3. The van der Waals surface area contributed by atoms with Gasteiger partial charge in [-0.05, 0) is 60.2 Å². The van der Waals surface area contributed by atoms with Crippen molar-refractivity contribution in [3.05, 3.63) is 94.8 Å². The van der Waals surface area contributed by atoms with Crippen molar-refractivity contribution in [3.8, 4) is 5.75 Å². The molecular formula is C27H22ClFN4O3S. The lowest BCUT2D eigenvalue weighted by atomic mass is 9.98. The second-order valence-corrected chi connectivity index (χ2v) is 10.1. The van der Waals surface area contributed by atoms with Gasteiger partial charge in [-0.15, -0.1) is 0 Å². The van der Waals surface area contributed by atoms with Crippen molar-refractivity contribution in [1.82, 2.24) is 5.01 Å². The van der Waals surface area contributed by atoms with Crippen molar-refractivity contribution in [1.29, 1.82) is 0 Å². The van der Waals surface area contributed by atoms with E-state index in [4.69, 9.17) is 21.4 Å². The normalized spacial score (nSPS) is 19.0. The molecule has 0 saturated carbocycles. The molecule has 188 valence electrons. The van der Waals surface area contributed by atoms with Gasteiger partial charge >= 0.3 is 0 Å². The second-order valence-electron chi connectivity index (χ2n) is 8.46. The zero-order valence-corrected chi connectivity index (χ0v) is 21.3. The average molecular weight is 537 g/mol. The SMILES string of the molecule is COc1ccc(C2=NN(C3=NC(=O)C(CC(=O)Nc4ccc(Cl)cc4)S3)C(c3ccccc3F)C2)cc1. The van der Waals surface area contributed by atoms with Gasteiger partial charge in [0.25, 0.3) is 5.91 Å². The molecule has 5 rings (SSSR count). The summed E-state index contributed by atoms with van der Waals surface area (Å²) in [5.41, 5.74) is 2.63. The number of hydrogen-bond donors (Lipinski definition) is 1. The van der Waals surface area contributed by atoms with E-state index in [2.05, 4.69) is 10.3 Å². The first-order valence-electron chi connectivity index (χ1n) is 11.5. The first-order chi connectivity index (χ1) is 17.9. The fraction of sp³-hybridized carbons (Fsp3) is 0.185. The van der Waals surface area contributed by atoms with Crippen LogP contribution in [-0.4, -0.2) is 40.1 Å². The number of hydrazone groups is 1. The predicted molar refractivity (Wildman–Crippen MR) is 144 cm³/mol. The summed E-state index contributed by atoms with van der Waals surface area (Å²) < 4.78 is 20.1. The fourth-order valence-corrected chi connectivity index (χ4v) is 5.34. The van der Waals surface area contributed by atoms with Crippen LogP contribution >= 0.6 is 23.4 Å². The van der Waals surface area contributed by atoms with E-state index in [1.807, 2.05) is 24.3 Å². The van der Waals surface area contributed by atoms with Crippen molar-refractivity contribution >= 4 is 51.7 Å².